The van der Waals surface area contributed by atoms with Gasteiger partial charge < -0.3 is 34.7 Å². The predicted octanol–water partition coefficient (Wildman–Crippen LogP) is 2.32. The quantitative estimate of drug-likeness (QED) is 0.364. The number of hydrogen-bond acceptors (Lipinski definition) is 12. The van der Waals surface area contributed by atoms with Gasteiger partial charge in [-0.25, -0.2) is 24.5 Å². The van der Waals surface area contributed by atoms with Crippen LogP contribution in [0.4, 0.5) is 10.6 Å². The summed E-state index contributed by atoms with van der Waals surface area (Å²) in [5.41, 5.74) is 6.43. The number of methoxy groups -OCH3 is 1. The van der Waals surface area contributed by atoms with Crippen molar-refractivity contribution in [3.63, 3.8) is 0 Å². The van der Waals surface area contributed by atoms with E-state index in [4.69, 9.17) is 29.4 Å². The van der Waals surface area contributed by atoms with Crippen molar-refractivity contribution in [3.8, 4) is 0 Å². The van der Waals surface area contributed by atoms with E-state index in [0.29, 0.717) is 40.7 Å². The van der Waals surface area contributed by atoms with Crippen LogP contribution in [0.15, 0.2) is 6.33 Å². The van der Waals surface area contributed by atoms with Crippen LogP contribution in [-0.2, 0) is 28.5 Å². The van der Waals surface area contributed by atoms with Gasteiger partial charge in [-0.1, -0.05) is 0 Å². The average molecular weight is 553 g/mol. The molecule has 2 aromatic rings. The zero-order valence-corrected chi connectivity index (χ0v) is 23.5. The summed E-state index contributed by atoms with van der Waals surface area (Å²) in [7, 11) is 1.28. The van der Waals surface area contributed by atoms with Crippen molar-refractivity contribution >= 4 is 40.8 Å². The number of aromatic nitrogens is 4. The number of fused-ring (bicyclic) bond motifs is 2. The Morgan fingerprint density at radius 2 is 1.97 bits per heavy atom. The number of carbonyl (C=O) groups excluding carboxylic acids is 2. The summed E-state index contributed by atoms with van der Waals surface area (Å²) in [6, 6.07) is -0.831. The van der Waals surface area contributed by atoms with Crippen LogP contribution in [0, 0.1) is 6.92 Å². The Balaban J connectivity index is 1.41. The maximum atomic E-state index is 12.2. The van der Waals surface area contributed by atoms with Crippen molar-refractivity contribution in [1.82, 2.24) is 24.8 Å². The first kappa shape index (κ1) is 28.3. The summed E-state index contributed by atoms with van der Waals surface area (Å²) in [6.07, 6.45) is -0.227. The topological polar surface area (TPSA) is 162 Å². The summed E-state index contributed by atoms with van der Waals surface area (Å²) >= 11 is 1.57. The third-order valence-corrected chi connectivity index (χ3v) is 7.06. The van der Waals surface area contributed by atoms with Gasteiger partial charge in [0.05, 0.1) is 19.5 Å². The fourth-order valence-corrected chi connectivity index (χ4v) is 5.57. The first-order chi connectivity index (χ1) is 17.8. The lowest BCUT2D eigenvalue weighted by molar-refractivity contribution is -0.193. The molecule has 2 saturated heterocycles. The average Bonchev–Trinajstić information content (AvgIpc) is 3.45. The molecule has 4 heterocycles. The van der Waals surface area contributed by atoms with Gasteiger partial charge >= 0.3 is 12.1 Å². The van der Waals surface area contributed by atoms with Gasteiger partial charge in [0.15, 0.2) is 23.5 Å². The molecule has 2 aliphatic rings. The van der Waals surface area contributed by atoms with E-state index >= 15 is 0 Å². The zero-order chi connectivity index (χ0) is 27.8. The first-order valence-electron chi connectivity index (χ1n) is 12.4. The first-order valence-corrected chi connectivity index (χ1v) is 13.6. The van der Waals surface area contributed by atoms with Crippen LogP contribution in [0.25, 0.3) is 11.2 Å². The monoisotopic (exact) mass is 552 g/mol. The van der Waals surface area contributed by atoms with Crippen molar-refractivity contribution in [2.75, 3.05) is 24.3 Å². The van der Waals surface area contributed by atoms with Crippen LogP contribution in [0.1, 0.15) is 53.1 Å². The molecule has 210 valence electrons. The molecule has 5 atom stereocenters. The number of ether oxygens (including phenoxy) is 5. The van der Waals surface area contributed by atoms with Crippen LogP contribution >= 0.6 is 11.8 Å². The summed E-state index contributed by atoms with van der Waals surface area (Å²) < 4.78 is 30.8. The molecule has 0 bridgehead atoms. The van der Waals surface area contributed by atoms with E-state index in [1.165, 1.54) is 7.11 Å². The number of esters is 1. The molecule has 4 rings (SSSR count). The Morgan fingerprint density at radius 3 is 2.66 bits per heavy atom. The highest BCUT2D eigenvalue weighted by molar-refractivity contribution is 7.99. The number of hydrogen-bond donors (Lipinski definition) is 2. The van der Waals surface area contributed by atoms with Crippen molar-refractivity contribution in [2.45, 2.75) is 89.9 Å². The van der Waals surface area contributed by atoms with Gasteiger partial charge in [0.2, 0.25) is 0 Å². The molecule has 13 nitrogen and oxygen atoms in total. The van der Waals surface area contributed by atoms with E-state index in [2.05, 4.69) is 20.3 Å². The number of carbonyl (C=O) groups is 2. The number of nitrogens with one attached hydrogen (secondary N) is 1. The van der Waals surface area contributed by atoms with E-state index < -0.39 is 35.7 Å². The summed E-state index contributed by atoms with van der Waals surface area (Å²) in [5, 5.41) is 2.59. The molecule has 0 spiro atoms. The van der Waals surface area contributed by atoms with E-state index in [1.807, 2.05) is 18.4 Å². The Kier molecular flexibility index (Phi) is 8.07. The summed E-state index contributed by atoms with van der Waals surface area (Å²) in [5.74, 6) is 0.637. The summed E-state index contributed by atoms with van der Waals surface area (Å²) in [4.78, 5) is 37.5. The van der Waals surface area contributed by atoms with Gasteiger partial charge in [-0.05, 0) is 53.7 Å². The lowest BCUT2D eigenvalue weighted by Gasteiger charge is -2.25. The van der Waals surface area contributed by atoms with Crippen molar-refractivity contribution in [3.05, 3.63) is 12.2 Å². The molecular weight excluding hydrogens is 516 g/mol. The fraction of sp³-hybridized carbons (Fsp3) is 0.708. The largest absolute Gasteiger partial charge is 0.467 e. The lowest BCUT2D eigenvalue weighted by Crippen LogP contribution is -2.44. The molecule has 0 aliphatic carbocycles. The second kappa shape index (κ2) is 10.8. The Bertz CT molecular complexity index is 1180. The molecule has 2 aromatic heterocycles. The number of imidazole rings is 1. The highest BCUT2D eigenvalue weighted by Crippen LogP contribution is 2.44. The standard InChI is InChI=1S/C24H36N6O7S/c1-12-27-18(25)15-19(28-12)30(11-26-15)20-17-16(35-24(5,6)36-17)14(34-20)10-38-9-8-13(21(31)33-7)29-22(32)37-23(2,3)4/h11,13-14,16-17,20H,8-10H2,1-7H3,(H,29,32)(H2,25,27,28)/t13?,14-,16+,17-,20-/m1/s1. The van der Waals surface area contributed by atoms with Gasteiger partial charge in [-0.3, -0.25) is 4.57 Å². The molecule has 0 saturated carbocycles. The number of aryl methyl sites for hydroxylation is 1. The maximum absolute atomic E-state index is 12.2. The zero-order valence-electron chi connectivity index (χ0n) is 22.7. The highest BCUT2D eigenvalue weighted by Gasteiger charge is 2.56. The minimum Gasteiger partial charge on any atom is -0.467 e. The molecule has 3 N–H and O–H groups in total. The molecule has 2 fully saturated rings. The second-order valence-electron chi connectivity index (χ2n) is 10.7. The third-order valence-electron chi connectivity index (χ3n) is 5.97. The van der Waals surface area contributed by atoms with Gasteiger partial charge in [-0.2, -0.15) is 11.8 Å². The van der Waals surface area contributed by atoms with E-state index in [9.17, 15) is 9.59 Å². The number of nitrogens with two attached hydrogens (primary N) is 1. The van der Waals surface area contributed by atoms with Crippen LogP contribution in [0.3, 0.4) is 0 Å². The molecule has 0 aromatic carbocycles. The van der Waals surface area contributed by atoms with Gasteiger partial charge in [0, 0.05) is 5.75 Å². The van der Waals surface area contributed by atoms with Crippen LogP contribution in [0.2, 0.25) is 0 Å². The van der Waals surface area contributed by atoms with E-state index in [-0.39, 0.29) is 18.3 Å². The fourth-order valence-electron chi connectivity index (χ4n) is 4.50. The predicted molar refractivity (Wildman–Crippen MR) is 139 cm³/mol. The van der Waals surface area contributed by atoms with Crippen LogP contribution in [-0.4, -0.2) is 85.9 Å². The number of alkyl carbamates (subject to hydrolysis) is 1. The van der Waals surface area contributed by atoms with Crippen molar-refractivity contribution < 1.29 is 33.3 Å². The molecule has 0 radical (unpaired) electrons. The van der Waals surface area contributed by atoms with Gasteiger partial charge in [-0.15, -0.1) is 0 Å². The molecule has 38 heavy (non-hydrogen) atoms. The Hall–Kier alpha value is -2.68. The molecule has 1 unspecified atom stereocenters. The van der Waals surface area contributed by atoms with Crippen LogP contribution < -0.4 is 11.1 Å². The van der Waals surface area contributed by atoms with Crippen molar-refractivity contribution in [1.29, 1.82) is 0 Å². The van der Waals surface area contributed by atoms with Gasteiger partial charge in [0.1, 0.15) is 35.2 Å². The maximum Gasteiger partial charge on any atom is 0.408 e. The van der Waals surface area contributed by atoms with E-state index in [0.717, 1.165) is 0 Å². The summed E-state index contributed by atoms with van der Waals surface area (Å²) in [6.45, 7) is 10.8. The van der Waals surface area contributed by atoms with Crippen molar-refractivity contribution in [2.24, 2.45) is 0 Å². The Labute approximate surface area is 225 Å². The number of thioether (sulfide) groups is 1. The molecular formula is C24H36N6O7S. The highest BCUT2D eigenvalue weighted by atomic mass is 32.2. The molecule has 14 heteroatoms. The molecule has 1 amide bonds. The number of amides is 1. The Morgan fingerprint density at radius 1 is 1.26 bits per heavy atom. The SMILES string of the molecule is COC(=O)C(CCSC[C@H]1O[C@@H](n2cnc3c(N)nc(C)nc32)[C@@H]2OC(C)(C)O[C@H]21)NC(=O)OC(C)(C)C. The minimum absolute atomic E-state index is 0.301. The molecule has 2 aliphatic heterocycles. The second-order valence-corrected chi connectivity index (χ2v) is 11.8. The van der Waals surface area contributed by atoms with Gasteiger partial charge in [0.25, 0.3) is 0 Å². The number of nitrogens with zero attached hydrogens (tertiary/aromatic N) is 4. The normalized spacial score (nSPS) is 25.2. The smallest absolute Gasteiger partial charge is 0.408 e. The number of anilines is 1. The lowest BCUT2D eigenvalue weighted by atomic mass is 10.1. The number of rotatable bonds is 8. The number of nitrogen functional groups attached to an aromatic ring is 1. The van der Waals surface area contributed by atoms with E-state index in [1.54, 1.807) is 45.8 Å². The van der Waals surface area contributed by atoms with Crippen LogP contribution in [0.5, 0.6) is 0 Å². The minimum atomic E-state index is -0.831. The third kappa shape index (κ3) is 6.30.